The molecule has 0 aliphatic carbocycles. The zero-order valence-electron chi connectivity index (χ0n) is 18.4. The van der Waals surface area contributed by atoms with Gasteiger partial charge in [0, 0.05) is 6.54 Å². The van der Waals surface area contributed by atoms with E-state index in [9.17, 15) is 14.7 Å². The largest absolute Gasteiger partial charge is 0.503 e. The van der Waals surface area contributed by atoms with Crippen molar-refractivity contribution >= 4 is 11.7 Å². The molecule has 1 N–H and O–H groups in total. The second kappa shape index (κ2) is 11.1. The number of nitrogens with zero attached hydrogens (tertiary/aromatic N) is 2. The molecule has 1 aromatic rings. The first-order chi connectivity index (χ1) is 13.9. The Hall–Kier alpha value is -2.14. The van der Waals surface area contributed by atoms with E-state index in [0.717, 1.165) is 37.2 Å². The van der Waals surface area contributed by atoms with Crippen LogP contribution in [0.3, 0.4) is 0 Å². The smallest absolute Gasteiger partial charge is 0.290 e. The summed E-state index contributed by atoms with van der Waals surface area (Å²) in [6.07, 6.45) is 5.51. The lowest BCUT2D eigenvalue weighted by Crippen LogP contribution is -2.35. The van der Waals surface area contributed by atoms with Crippen LogP contribution in [0.5, 0.6) is 0 Å². The van der Waals surface area contributed by atoms with Gasteiger partial charge in [-0.3, -0.25) is 9.59 Å². The van der Waals surface area contributed by atoms with Gasteiger partial charge in [-0.05, 0) is 58.3 Å². The highest BCUT2D eigenvalue weighted by Crippen LogP contribution is 2.37. The minimum atomic E-state index is -0.500. The molecule has 160 valence electrons. The predicted molar refractivity (Wildman–Crippen MR) is 117 cm³/mol. The van der Waals surface area contributed by atoms with E-state index in [-0.39, 0.29) is 11.4 Å². The normalized spacial score (nSPS) is 16.9. The molecule has 5 nitrogen and oxygen atoms in total. The fourth-order valence-electron chi connectivity index (χ4n) is 3.90. The number of Topliss-reactive ketones (excluding diaryl/α,β-unsaturated/α-hetero) is 1. The molecule has 1 unspecified atom stereocenters. The number of ketones is 1. The van der Waals surface area contributed by atoms with Crippen LogP contribution in [0.2, 0.25) is 0 Å². The lowest BCUT2D eigenvalue weighted by molar-refractivity contribution is -0.129. The maximum atomic E-state index is 12.7. The number of aliphatic hydroxyl groups excluding tert-OH is 1. The van der Waals surface area contributed by atoms with E-state index in [0.29, 0.717) is 6.54 Å². The Kier molecular flexibility index (Phi) is 8.90. The molecule has 0 saturated carbocycles. The summed E-state index contributed by atoms with van der Waals surface area (Å²) in [5.74, 6) is -1.08. The SMILES string of the molecule is CCCCN(CCCC)CCCN1C(=O)C(O)=C(C(C)=O)C1c1ccc(C)cc1. The number of carbonyl (C=O) groups is 2. The zero-order chi connectivity index (χ0) is 21.4. The molecule has 0 fully saturated rings. The van der Waals surface area contributed by atoms with Gasteiger partial charge < -0.3 is 14.9 Å². The lowest BCUT2D eigenvalue weighted by Gasteiger charge is -2.28. The van der Waals surface area contributed by atoms with Gasteiger partial charge in [0.05, 0.1) is 11.6 Å². The second-order valence-corrected chi connectivity index (χ2v) is 8.03. The molecule has 1 aliphatic rings. The maximum absolute atomic E-state index is 12.7. The van der Waals surface area contributed by atoms with Crippen molar-refractivity contribution < 1.29 is 14.7 Å². The minimum Gasteiger partial charge on any atom is -0.503 e. The number of unbranched alkanes of at least 4 members (excludes halogenated alkanes) is 2. The van der Waals surface area contributed by atoms with Gasteiger partial charge in [0.2, 0.25) is 0 Å². The van der Waals surface area contributed by atoms with Crippen molar-refractivity contribution in [1.82, 2.24) is 9.80 Å². The fourth-order valence-corrected chi connectivity index (χ4v) is 3.90. The van der Waals surface area contributed by atoms with E-state index >= 15 is 0 Å². The Morgan fingerprint density at radius 1 is 1.03 bits per heavy atom. The Morgan fingerprint density at radius 3 is 2.10 bits per heavy atom. The Balaban J connectivity index is 2.13. The molecule has 1 aliphatic heterocycles. The van der Waals surface area contributed by atoms with Crippen molar-refractivity contribution in [1.29, 1.82) is 0 Å². The van der Waals surface area contributed by atoms with E-state index in [1.54, 1.807) is 4.90 Å². The average molecular weight is 401 g/mol. The molecule has 0 radical (unpaired) electrons. The number of aryl methyl sites for hydroxylation is 1. The van der Waals surface area contributed by atoms with Gasteiger partial charge in [0.25, 0.3) is 5.91 Å². The van der Waals surface area contributed by atoms with E-state index in [4.69, 9.17) is 0 Å². The molecule has 0 aromatic heterocycles. The lowest BCUT2D eigenvalue weighted by atomic mass is 9.96. The van der Waals surface area contributed by atoms with Crippen molar-refractivity contribution in [3.05, 3.63) is 46.7 Å². The van der Waals surface area contributed by atoms with Gasteiger partial charge in [-0.2, -0.15) is 0 Å². The van der Waals surface area contributed by atoms with Crippen molar-refractivity contribution in [2.45, 2.75) is 65.8 Å². The number of benzene rings is 1. The van der Waals surface area contributed by atoms with Crippen LogP contribution >= 0.6 is 0 Å². The molecule has 2 rings (SSSR count). The summed E-state index contributed by atoms with van der Waals surface area (Å²) in [7, 11) is 0. The number of hydrogen-bond donors (Lipinski definition) is 1. The third-order valence-electron chi connectivity index (χ3n) is 5.61. The molecule has 1 amide bonds. The molecule has 0 spiro atoms. The first kappa shape index (κ1) is 23.1. The maximum Gasteiger partial charge on any atom is 0.290 e. The van der Waals surface area contributed by atoms with Crippen LogP contribution in [0.25, 0.3) is 0 Å². The molecule has 1 atom stereocenters. The van der Waals surface area contributed by atoms with Gasteiger partial charge >= 0.3 is 0 Å². The molecule has 0 bridgehead atoms. The number of rotatable bonds is 12. The highest BCUT2D eigenvalue weighted by Gasteiger charge is 2.41. The van der Waals surface area contributed by atoms with E-state index in [2.05, 4.69) is 18.7 Å². The Labute approximate surface area is 175 Å². The number of amides is 1. The highest BCUT2D eigenvalue weighted by atomic mass is 16.3. The monoisotopic (exact) mass is 400 g/mol. The zero-order valence-corrected chi connectivity index (χ0v) is 18.4. The van der Waals surface area contributed by atoms with Crippen molar-refractivity contribution in [3.63, 3.8) is 0 Å². The van der Waals surface area contributed by atoms with Gasteiger partial charge in [-0.15, -0.1) is 0 Å². The third kappa shape index (κ3) is 5.92. The fraction of sp³-hybridized carbons (Fsp3) is 0.583. The van der Waals surface area contributed by atoms with E-state index < -0.39 is 17.7 Å². The number of hydrogen-bond acceptors (Lipinski definition) is 4. The standard InChI is InChI=1S/C24H36N2O3/c1-5-7-14-25(15-8-6-2)16-9-17-26-22(20-12-10-18(3)11-13-20)21(19(4)27)23(28)24(26)29/h10-13,22,28H,5-9,14-17H2,1-4H3. The van der Waals surface area contributed by atoms with Crippen molar-refractivity contribution in [2.24, 2.45) is 0 Å². The molecular weight excluding hydrogens is 364 g/mol. The highest BCUT2D eigenvalue weighted by molar-refractivity contribution is 6.08. The minimum absolute atomic E-state index is 0.215. The van der Waals surface area contributed by atoms with Crippen LogP contribution in [0.1, 0.15) is 70.0 Å². The first-order valence-corrected chi connectivity index (χ1v) is 10.9. The third-order valence-corrected chi connectivity index (χ3v) is 5.61. The van der Waals surface area contributed by atoms with Gasteiger partial charge in [-0.1, -0.05) is 56.5 Å². The van der Waals surface area contributed by atoms with Crippen LogP contribution in [-0.4, -0.2) is 52.8 Å². The molecule has 1 aromatic carbocycles. The van der Waals surface area contributed by atoms with Crippen molar-refractivity contribution in [2.75, 3.05) is 26.2 Å². The van der Waals surface area contributed by atoms with Crippen molar-refractivity contribution in [3.8, 4) is 0 Å². The second-order valence-electron chi connectivity index (χ2n) is 8.03. The van der Waals surface area contributed by atoms with Gasteiger partial charge in [0.15, 0.2) is 11.5 Å². The number of aliphatic hydroxyl groups is 1. The van der Waals surface area contributed by atoms with Crippen LogP contribution < -0.4 is 0 Å². The predicted octanol–water partition coefficient (Wildman–Crippen LogP) is 4.57. The molecular formula is C24H36N2O3. The average Bonchev–Trinajstić information content (AvgIpc) is 2.95. The molecule has 29 heavy (non-hydrogen) atoms. The first-order valence-electron chi connectivity index (χ1n) is 10.9. The van der Waals surface area contributed by atoms with Crippen LogP contribution in [0, 0.1) is 6.92 Å². The molecule has 1 heterocycles. The Morgan fingerprint density at radius 2 is 1.59 bits per heavy atom. The Bertz CT molecular complexity index is 716. The van der Waals surface area contributed by atoms with Crippen LogP contribution in [0.4, 0.5) is 0 Å². The van der Waals surface area contributed by atoms with Crippen LogP contribution in [-0.2, 0) is 9.59 Å². The van der Waals surface area contributed by atoms with E-state index in [1.165, 1.54) is 32.6 Å². The topological polar surface area (TPSA) is 60.9 Å². The van der Waals surface area contributed by atoms with Gasteiger partial charge in [-0.25, -0.2) is 0 Å². The van der Waals surface area contributed by atoms with E-state index in [1.807, 2.05) is 31.2 Å². The summed E-state index contributed by atoms with van der Waals surface area (Å²) in [5.41, 5.74) is 2.20. The molecule has 0 saturated heterocycles. The summed E-state index contributed by atoms with van der Waals surface area (Å²) in [6, 6.07) is 7.33. The summed E-state index contributed by atoms with van der Waals surface area (Å²) < 4.78 is 0. The van der Waals surface area contributed by atoms with Gasteiger partial charge in [0.1, 0.15) is 0 Å². The summed E-state index contributed by atoms with van der Waals surface area (Å²) in [4.78, 5) is 29.1. The number of carbonyl (C=O) groups excluding carboxylic acids is 2. The summed E-state index contributed by atoms with van der Waals surface area (Å²) >= 11 is 0. The molecule has 5 heteroatoms. The van der Waals surface area contributed by atoms with Crippen LogP contribution in [0.15, 0.2) is 35.6 Å². The quantitative estimate of drug-likeness (QED) is 0.558. The summed E-state index contributed by atoms with van der Waals surface area (Å²) in [5, 5.41) is 10.4. The summed E-state index contributed by atoms with van der Waals surface area (Å²) in [6.45, 7) is 11.4.